The standard InChI is InChI=1S/C20H23N5/c1-15-6-16(2)19(12-25-14-22-13-23-25)7-18(15)9-24-10-20(11-24)17-4-3-5-21-8-17/h3-8,13-14,20H,9-12H2,1-2H3. The van der Waals surface area contributed by atoms with Crippen molar-refractivity contribution in [2.45, 2.75) is 32.9 Å². The van der Waals surface area contributed by atoms with Gasteiger partial charge in [-0.2, -0.15) is 5.10 Å². The molecule has 4 rings (SSSR count). The van der Waals surface area contributed by atoms with Crippen LogP contribution < -0.4 is 0 Å². The summed E-state index contributed by atoms with van der Waals surface area (Å²) in [6.45, 7) is 8.38. The van der Waals surface area contributed by atoms with Crippen LogP contribution in [0.2, 0.25) is 0 Å². The number of nitrogens with zero attached hydrogens (tertiary/aromatic N) is 5. The number of benzene rings is 1. The van der Waals surface area contributed by atoms with Crippen molar-refractivity contribution in [1.82, 2.24) is 24.6 Å². The zero-order chi connectivity index (χ0) is 17.2. The first-order valence-corrected chi connectivity index (χ1v) is 8.73. The molecule has 0 bridgehead atoms. The van der Waals surface area contributed by atoms with Gasteiger partial charge in [-0.25, -0.2) is 9.67 Å². The van der Waals surface area contributed by atoms with E-state index in [9.17, 15) is 0 Å². The molecule has 2 aromatic heterocycles. The zero-order valence-corrected chi connectivity index (χ0v) is 14.8. The number of rotatable bonds is 5. The predicted octanol–water partition coefficient (Wildman–Crippen LogP) is 2.94. The fraction of sp³-hybridized carbons (Fsp3) is 0.350. The number of aromatic nitrogens is 4. The Kier molecular flexibility index (Phi) is 4.32. The Hall–Kier alpha value is -2.53. The Bertz CT molecular complexity index is 836. The molecule has 0 spiro atoms. The molecule has 1 aromatic carbocycles. The molecule has 1 saturated heterocycles. The van der Waals surface area contributed by atoms with Crippen LogP contribution in [0.3, 0.4) is 0 Å². The van der Waals surface area contributed by atoms with Gasteiger partial charge in [0.25, 0.3) is 0 Å². The molecule has 1 fully saturated rings. The van der Waals surface area contributed by atoms with Gasteiger partial charge in [-0.05, 0) is 47.7 Å². The third-order valence-electron chi connectivity index (χ3n) is 5.10. The van der Waals surface area contributed by atoms with Crippen molar-refractivity contribution in [3.05, 3.63) is 77.1 Å². The smallest absolute Gasteiger partial charge is 0.137 e. The number of hydrogen-bond donors (Lipinski definition) is 0. The minimum absolute atomic E-state index is 0.620. The maximum atomic E-state index is 4.24. The number of aryl methyl sites for hydroxylation is 2. The second-order valence-corrected chi connectivity index (χ2v) is 6.98. The Balaban J connectivity index is 1.44. The van der Waals surface area contributed by atoms with E-state index in [0.717, 1.165) is 26.2 Å². The van der Waals surface area contributed by atoms with E-state index < -0.39 is 0 Å². The van der Waals surface area contributed by atoms with E-state index in [1.807, 2.05) is 23.1 Å². The molecule has 25 heavy (non-hydrogen) atoms. The van der Waals surface area contributed by atoms with E-state index in [0.29, 0.717) is 5.92 Å². The van der Waals surface area contributed by atoms with E-state index in [4.69, 9.17) is 0 Å². The summed E-state index contributed by atoms with van der Waals surface area (Å²) < 4.78 is 1.88. The van der Waals surface area contributed by atoms with Gasteiger partial charge in [0.2, 0.25) is 0 Å². The van der Waals surface area contributed by atoms with Gasteiger partial charge < -0.3 is 0 Å². The SMILES string of the molecule is Cc1cc(C)c(Cn2cncn2)cc1CN1CC(c2cccnc2)C1. The lowest BCUT2D eigenvalue weighted by molar-refractivity contribution is 0.139. The quantitative estimate of drug-likeness (QED) is 0.720. The van der Waals surface area contributed by atoms with Crippen LogP contribution in [0.15, 0.2) is 49.3 Å². The lowest BCUT2D eigenvalue weighted by Gasteiger charge is -2.39. The van der Waals surface area contributed by atoms with E-state index in [1.165, 1.54) is 27.8 Å². The Morgan fingerprint density at radius 3 is 2.52 bits per heavy atom. The summed E-state index contributed by atoms with van der Waals surface area (Å²) >= 11 is 0. The Labute approximate surface area is 148 Å². The molecule has 0 unspecified atom stereocenters. The highest BCUT2D eigenvalue weighted by molar-refractivity contribution is 5.37. The molecule has 0 N–H and O–H groups in total. The second-order valence-electron chi connectivity index (χ2n) is 6.98. The van der Waals surface area contributed by atoms with Crippen molar-refractivity contribution in [3.8, 4) is 0 Å². The first-order chi connectivity index (χ1) is 12.2. The molecule has 128 valence electrons. The van der Waals surface area contributed by atoms with Crippen molar-refractivity contribution in [2.75, 3.05) is 13.1 Å². The van der Waals surface area contributed by atoms with Gasteiger partial charge in [-0.3, -0.25) is 9.88 Å². The molecule has 0 atom stereocenters. The summed E-state index contributed by atoms with van der Waals surface area (Å²) in [5.74, 6) is 0.620. The summed E-state index contributed by atoms with van der Waals surface area (Å²) in [5.41, 5.74) is 6.75. The zero-order valence-electron chi connectivity index (χ0n) is 14.8. The van der Waals surface area contributed by atoms with Crippen LogP contribution in [0, 0.1) is 13.8 Å². The third kappa shape index (κ3) is 3.46. The molecule has 0 saturated carbocycles. The van der Waals surface area contributed by atoms with E-state index in [-0.39, 0.29) is 0 Å². The summed E-state index contributed by atoms with van der Waals surface area (Å²) in [6, 6.07) is 8.84. The lowest BCUT2D eigenvalue weighted by atomic mass is 9.91. The van der Waals surface area contributed by atoms with Crippen LogP contribution in [-0.2, 0) is 13.1 Å². The maximum Gasteiger partial charge on any atom is 0.137 e. The first-order valence-electron chi connectivity index (χ1n) is 8.73. The highest BCUT2D eigenvalue weighted by Crippen LogP contribution is 2.29. The average molecular weight is 333 g/mol. The fourth-order valence-electron chi connectivity index (χ4n) is 3.55. The van der Waals surface area contributed by atoms with Crippen molar-refractivity contribution in [1.29, 1.82) is 0 Å². The molecule has 3 heterocycles. The lowest BCUT2D eigenvalue weighted by Crippen LogP contribution is -2.44. The van der Waals surface area contributed by atoms with E-state index in [1.54, 1.807) is 12.7 Å². The van der Waals surface area contributed by atoms with Crippen LogP contribution in [0.25, 0.3) is 0 Å². The molecule has 1 aliphatic heterocycles. The van der Waals surface area contributed by atoms with Crippen molar-refractivity contribution in [3.63, 3.8) is 0 Å². The van der Waals surface area contributed by atoms with Crippen molar-refractivity contribution >= 4 is 0 Å². The van der Waals surface area contributed by atoms with Crippen molar-refractivity contribution < 1.29 is 0 Å². The summed E-state index contributed by atoms with van der Waals surface area (Å²) in [6.07, 6.45) is 7.19. The normalized spacial score (nSPS) is 15.3. The Morgan fingerprint density at radius 1 is 1.04 bits per heavy atom. The van der Waals surface area contributed by atoms with Gasteiger partial charge in [0, 0.05) is 37.9 Å². The molecular formula is C20H23N5. The van der Waals surface area contributed by atoms with Crippen LogP contribution in [0.5, 0.6) is 0 Å². The number of likely N-dealkylation sites (tertiary alicyclic amines) is 1. The summed E-state index contributed by atoms with van der Waals surface area (Å²) in [4.78, 5) is 10.8. The molecular weight excluding hydrogens is 310 g/mol. The summed E-state index contributed by atoms with van der Waals surface area (Å²) in [7, 11) is 0. The van der Waals surface area contributed by atoms with Gasteiger partial charge in [0.1, 0.15) is 12.7 Å². The minimum Gasteiger partial charge on any atom is -0.298 e. The Morgan fingerprint density at radius 2 is 1.84 bits per heavy atom. The minimum atomic E-state index is 0.620. The van der Waals surface area contributed by atoms with Crippen LogP contribution in [0.4, 0.5) is 0 Å². The maximum absolute atomic E-state index is 4.24. The largest absolute Gasteiger partial charge is 0.298 e. The van der Waals surface area contributed by atoms with Crippen molar-refractivity contribution in [2.24, 2.45) is 0 Å². The van der Waals surface area contributed by atoms with Crippen LogP contribution in [0.1, 0.15) is 33.7 Å². The van der Waals surface area contributed by atoms with Gasteiger partial charge in [-0.1, -0.05) is 18.2 Å². The number of hydrogen-bond acceptors (Lipinski definition) is 4. The van der Waals surface area contributed by atoms with E-state index >= 15 is 0 Å². The van der Waals surface area contributed by atoms with Gasteiger partial charge >= 0.3 is 0 Å². The number of pyridine rings is 1. The molecule has 5 nitrogen and oxygen atoms in total. The molecule has 0 radical (unpaired) electrons. The van der Waals surface area contributed by atoms with Gasteiger partial charge in [0.15, 0.2) is 0 Å². The van der Waals surface area contributed by atoms with Crippen LogP contribution in [-0.4, -0.2) is 37.7 Å². The topological polar surface area (TPSA) is 46.8 Å². The average Bonchev–Trinajstić information content (AvgIpc) is 3.08. The molecule has 0 amide bonds. The van der Waals surface area contributed by atoms with Gasteiger partial charge in [0.05, 0.1) is 6.54 Å². The third-order valence-corrected chi connectivity index (χ3v) is 5.10. The predicted molar refractivity (Wildman–Crippen MR) is 97.3 cm³/mol. The highest BCUT2D eigenvalue weighted by Gasteiger charge is 2.28. The van der Waals surface area contributed by atoms with E-state index in [2.05, 4.69) is 52.0 Å². The molecule has 5 heteroatoms. The highest BCUT2D eigenvalue weighted by atomic mass is 15.3. The first kappa shape index (κ1) is 16.0. The second kappa shape index (κ2) is 6.76. The monoisotopic (exact) mass is 333 g/mol. The van der Waals surface area contributed by atoms with Crippen LogP contribution >= 0.6 is 0 Å². The molecule has 0 aliphatic carbocycles. The molecule has 1 aliphatic rings. The summed E-state index contributed by atoms with van der Waals surface area (Å²) in [5, 5.41) is 4.23. The fourth-order valence-corrected chi connectivity index (χ4v) is 3.55. The van der Waals surface area contributed by atoms with Gasteiger partial charge in [-0.15, -0.1) is 0 Å². The molecule has 3 aromatic rings.